The molecule has 4 rings (SSSR count). The van der Waals surface area contributed by atoms with E-state index < -0.39 is 0 Å². The van der Waals surface area contributed by atoms with Gasteiger partial charge in [0, 0.05) is 26.2 Å². The summed E-state index contributed by atoms with van der Waals surface area (Å²) in [5.74, 6) is 2.22. The van der Waals surface area contributed by atoms with Crippen LogP contribution in [0.25, 0.3) is 0 Å². The average Bonchev–Trinajstić information content (AvgIpc) is 3.13. The summed E-state index contributed by atoms with van der Waals surface area (Å²) in [5, 5.41) is 0. The second-order valence-corrected chi connectivity index (χ2v) is 9.14. The van der Waals surface area contributed by atoms with Gasteiger partial charge in [0.1, 0.15) is 0 Å². The fraction of sp³-hybridized carbons (Fsp3) is 0.519. The lowest BCUT2D eigenvalue weighted by atomic mass is 10.0. The number of carbonyl (C=O) groups is 1. The lowest BCUT2D eigenvalue weighted by molar-refractivity contribution is -0.130. The van der Waals surface area contributed by atoms with E-state index in [1.165, 1.54) is 36.9 Å². The largest absolute Gasteiger partial charge is 0.493 e. The molecule has 0 aliphatic carbocycles. The third kappa shape index (κ3) is 5.63. The zero-order valence-corrected chi connectivity index (χ0v) is 19.5. The Morgan fingerprint density at radius 3 is 2.47 bits per heavy atom. The summed E-state index contributed by atoms with van der Waals surface area (Å²) in [6.45, 7) is 5.00. The first-order valence-corrected chi connectivity index (χ1v) is 11.9. The molecule has 1 fully saturated rings. The molecule has 1 saturated heterocycles. The molecule has 2 aliphatic rings. The molecule has 1 amide bonds. The monoisotopic (exact) mass is 436 g/mol. The van der Waals surface area contributed by atoms with Gasteiger partial charge in [-0.25, -0.2) is 0 Å². The Morgan fingerprint density at radius 1 is 0.969 bits per heavy atom. The molecule has 172 valence electrons. The molecule has 0 bridgehead atoms. The average molecular weight is 437 g/mol. The highest BCUT2D eigenvalue weighted by atomic mass is 16.5. The number of hydrogen-bond acceptors (Lipinski definition) is 4. The highest BCUT2D eigenvalue weighted by Crippen LogP contribution is 2.32. The summed E-state index contributed by atoms with van der Waals surface area (Å²) in [6.07, 6.45) is 6.12. The second kappa shape index (κ2) is 10.9. The van der Waals surface area contributed by atoms with Crippen molar-refractivity contribution in [3.63, 3.8) is 0 Å². The van der Waals surface area contributed by atoms with Crippen LogP contribution in [0, 0.1) is 5.92 Å². The third-order valence-electron chi connectivity index (χ3n) is 6.94. The van der Waals surface area contributed by atoms with Gasteiger partial charge in [-0.15, -0.1) is 0 Å². The van der Waals surface area contributed by atoms with Crippen LogP contribution in [0.4, 0.5) is 0 Å². The number of carbonyl (C=O) groups excluding carboxylic acids is 1. The van der Waals surface area contributed by atoms with Gasteiger partial charge in [-0.2, -0.15) is 0 Å². The van der Waals surface area contributed by atoms with Gasteiger partial charge in [-0.3, -0.25) is 4.79 Å². The Hall–Kier alpha value is -2.53. The third-order valence-corrected chi connectivity index (χ3v) is 6.94. The zero-order chi connectivity index (χ0) is 22.3. The predicted octanol–water partition coefficient (Wildman–Crippen LogP) is 3.98. The number of fused-ring (bicyclic) bond motifs is 1. The van der Waals surface area contributed by atoms with Gasteiger partial charge in [0.25, 0.3) is 0 Å². The number of rotatable bonds is 7. The fourth-order valence-corrected chi connectivity index (χ4v) is 5.12. The summed E-state index contributed by atoms with van der Waals surface area (Å²) in [7, 11) is 3.30. The van der Waals surface area contributed by atoms with Crippen molar-refractivity contribution in [1.29, 1.82) is 0 Å². The molecule has 5 nitrogen and oxygen atoms in total. The number of ether oxygens (including phenoxy) is 2. The van der Waals surface area contributed by atoms with Gasteiger partial charge in [-0.05, 0) is 67.0 Å². The van der Waals surface area contributed by atoms with Crippen LogP contribution < -0.4 is 9.47 Å². The molecule has 2 aromatic rings. The first-order valence-electron chi connectivity index (χ1n) is 11.9. The van der Waals surface area contributed by atoms with Gasteiger partial charge < -0.3 is 19.3 Å². The Bertz CT molecular complexity index is 899. The minimum absolute atomic E-state index is 0.232. The molecule has 2 aliphatic heterocycles. The summed E-state index contributed by atoms with van der Waals surface area (Å²) in [5.41, 5.74) is 3.67. The van der Waals surface area contributed by atoms with Gasteiger partial charge in [0.2, 0.25) is 5.91 Å². The number of hydrogen-bond donors (Lipinski definition) is 0. The maximum absolute atomic E-state index is 13.1. The standard InChI is InChI=1S/C27H36N2O3/c1-31-25-16-23-12-15-29(27(30)18-24(23)17-26(25)32-2)20-22-10-6-7-13-28(19-22)14-11-21-8-4-3-5-9-21/h3-5,8-9,16-17,22H,6-7,10-15,18-20H2,1-2H3. The normalized spacial score (nSPS) is 19.8. The zero-order valence-electron chi connectivity index (χ0n) is 19.5. The number of benzene rings is 2. The topological polar surface area (TPSA) is 42.0 Å². The molecule has 32 heavy (non-hydrogen) atoms. The van der Waals surface area contributed by atoms with E-state index in [9.17, 15) is 4.79 Å². The highest BCUT2D eigenvalue weighted by Gasteiger charge is 2.26. The quantitative estimate of drug-likeness (QED) is 0.659. The lowest BCUT2D eigenvalue weighted by Crippen LogP contribution is -2.40. The van der Waals surface area contributed by atoms with E-state index >= 15 is 0 Å². The van der Waals surface area contributed by atoms with E-state index in [2.05, 4.69) is 40.1 Å². The minimum Gasteiger partial charge on any atom is -0.493 e. The first kappa shape index (κ1) is 22.7. The van der Waals surface area contributed by atoms with Gasteiger partial charge in [0.05, 0.1) is 20.6 Å². The lowest BCUT2D eigenvalue weighted by Gasteiger charge is -2.29. The van der Waals surface area contributed by atoms with Crippen molar-refractivity contribution < 1.29 is 14.3 Å². The van der Waals surface area contributed by atoms with Crippen molar-refractivity contribution in [2.45, 2.75) is 38.5 Å². The van der Waals surface area contributed by atoms with Crippen LogP contribution >= 0.6 is 0 Å². The Labute approximate surface area is 192 Å². The molecule has 0 N–H and O–H groups in total. The maximum Gasteiger partial charge on any atom is 0.227 e. The Morgan fingerprint density at radius 2 is 1.72 bits per heavy atom. The van der Waals surface area contributed by atoms with Crippen LogP contribution in [0.1, 0.15) is 36.0 Å². The number of nitrogens with zero attached hydrogens (tertiary/aromatic N) is 2. The molecule has 1 atom stereocenters. The van der Waals surface area contributed by atoms with Crippen LogP contribution in [0.2, 0.25) is 0 Å². The second-order valence-electron chi connectivity index (χ2n) is 9.14. The minimum atomic E-state index is 0.232. The number of amides is 1. The molecule has 0 spiro atoms. The van der Waals surface area contributed by atoms with Gasteiger partial charge in [-0.1, -0.05) is 36.8 Å². The Kier molecular flexibility index (Phi) is 7.69. The molecule has 2 heterocycles. The van der Waals surface area contributed by atoms with Crippen LogP contribution in [0.3, 0.4) is 0 Å². The number of methoxy groups -OCH3 is 2. The summed E-state index contributed by atoms with van der Waals surface area (Å²) < 4.78 is 10.9. The van der Waals surface area contributed by atoms with Gasteiger partial charge >= 0.3 is 0 Å². The van der Waals surface area contributed by atoms with E-state index in [-0.39, 0.29) is 5.91 Å². The summed E-state index contributed by atoms with van der Waals surface area (Å²) >= 11 is 0. The molecule has 0 aromatic heterocycles. The predicted molar refractivity (Wildman–Crippen MR) is 127 cm³/mol. The van der Waals surface area contributed by atoms with Crippen molar-refractivity contribution in [2.75, 3.05) is 46.9 Å². The van der Waals surface area contributed by atoms with Crippen LogP contribution in [0.15, 0.2) is 42.5 Å². The maximum atomic E-state index is 13.1. The van der Waals surface area contributed by atoms with E-state index in [1.54, 1.807) is 14.2 Å². The molecule has 5 heteroatoms. The molecule has 1 unspecified atom stereocenters. The molecule has 2 aromatic carbocycles. The first-order chi connectivity index (χ1) is 15.7. The van der Waals surface area contributed by atoms with E-state index in [1.807, 2.05) is 12.1 Å². The van der Waals surface area contributed by atoms with Crippen LogP contribution in [-0.2, 0) is 24.1 Å². The summed E-state index contributed by atoms with van der Waals surface area (Å²) in [6, 6.07) is 14.8. The van der Waals surface area contributed by atoms with Gasteiger partial charge in [0.15, 0.2) is 11.5 Å². The SMILES string of the molecule is COc1cc2c(cc1OC)CC(=O)N(CC1CCCCN(CCc3ccccc3)C1)CC2. The van der Waals surface area contributed by atoms with Crippen molar-refractivity contribution in [1.82, 2.24) is 9.80 Å². The molecular weight excluding hydrogens is 400 g/mol. The fourth-order valence-electron chi connectivity index (χ4n) is 5.12. The van der Waals surface area contributed by atoms with Crippen molar-refractivity contribution in [3.05, 3.63) is 59.2 Å². The summed E-state index contributed by atoms with van der Waals surface area (Å²) in [4.78, 5) is 17.8. The molecule has 0 radical (unpaired) electrons. The number of likely N-dealkylation sites (tertiary alicyclic amines) is 1. The molecule has 0 saturated carbocycles. The van der Waals surface area contributed by atoms with Crippen LogP contribution in [-0.4, -0.2) is 62.7 Å². The van der Waals surface area contributed by atoms with E-state index in [0.717, 1.165) is 50.3 Å². The van der Waals surface area contributed by atoms with Crippen molar-refractivity contribution in [3.8, 4) is 11.5 Å². The molecular formula is C27H36N2O3. The van der Waals surface area contributed by atoms with Crippen molar-refractivity contribution >= 4 is 5.91 Å². The van der Waals surface area contributed by atoms with E-state index in [0.29, 0.717) is 18.1 Å². The smallest absolute Gasteiger partial charge is 0.227 e. The van der Waals surface area contributed by atoms with Crippen LogP contribution in [0.5, 0.6) is 11.5 Å². The van der Waals surface area contributed by atoms with E-state index in [4.69, 9.17) is 9.47 Å². The highest BCUT2D eigenvalue weighted by molar-refractivity contribution is 5.80. The Balaban J connectivity index is 1.37. The van der Waals surface area contributed by atoms with Crippen molar-refractivity contribution in [2.24, 2.45) is 5.92 Å².